The number of aromatic nitrogens is 1. The maximum absolute atomic E-state index is 14.6. The van der Waals surface area contributed by atoms with Crippen molar-refractivity contribution in [2.75, 3.05) is 20.3 Å². The molecule has 0 unspecified atom stereocenters. The van der Waals surface area contributed by atoms with Gasteiger partial charge in [-0.3, -0.25) is 14.6 Å². The number of methoxy groups -OCH3 is 1. The van der Waals surface area contributed by atoms with E-state index in [9.17, 15) is 19.2 Å². The molecule has 3 aromatic rings. The van der Waals surface area contributed by atoms with Crippen molar-refractivity contribution in [1.29, 1.82) is 0 Å². The van der Waals surface area contributed by atoms with Crippen LogP contribution in [0, 0.1) is 17.8 Å². The number of nitrogens with zero attached hydrogens (tertiary/aromatic N) is 2. The monoisotopic (exact) mass is 754 g/mol. The van der Waals surface area contributed by atoms with Gasteiger partial charge in [-0.05, 0) is 78.4 Å². The minimum atomic E-state index is -1.26. The largest absolute Gasteiger partial charge is 0.497 e. The highest BCUT2D eigenvalue weighted by atomic mass is 16.6. The smallest absolute Gasteiger partial charge is 0.426 e. The molecule has 0 saturated heterocycles. The third-order valence-corrected chi connectivity index (χ3v) is 9.98. The van der Waals surface area contributed by atoms with E-state index in [0.717, 1.165) is 30.2 Å². The Hall–Kier alpha value is -5.39. The van der Waals surface area contributed by atoms with Crippen molar-refractivity contribution >= 4 is 34.8 Å². The van der Waals surface area contributed by atoms with Gasteiger partial charge in [-0.15, -0.1) is 13.2 Å². The first-order valence-corrected chi connectivity index (χ1v) is 19.1. The number of hydrogen-bond donors (Lipinski definition) is 2. The lowest BCUT2D eigenvalue weighted by Gasteiger charge is -2.30. The second-order valence-corrected chi connectivity index (χ2v) is 15.1. The Morgan fingerprint density at radius 3 is 2.40 bits per heavy atom. The van der Waals surface area contributed by atoms with Gasteiger partial charge in [0.25, 0.3) is 0 Å². The molecule has 294 valence electrons. The second kappa shape index (κ2) is 17.8. The average molecular weight is 755 g/mol. The van der Waals surface area contributed by atoms with Gasteiger partial charge in [0.2, 0.25) is 11.8 Å². The Morgan fingerprint density at radius 2 is 1.75 bits per heavy atom. The Kier molecular flexibility index (Phi) is 13.2. The molecule has 2 aromatic carbocycles. The van der Waals surface area contributed by atoms with E-state index in [1.807, 2.05) is 60.7 Å². The van der Waals surface area contributed by atoms with Crippen LogP contribution in [-0.4, -0.2) is 71.4 Å². The van der Waals surface area contributed by atoms with Crippen LogP contribution in [0.25, 0.3) is 22.2 Å². The molecular formula is C43H54N4O8. The van der Waals surface area contributed by atoms with Crippen LogP contribution in [-0.2, 0) is 23.9 Å². The molecule has 2 saturated carbocycles. The molecule has 5 atom stereocenters. The molecule has 0 bridgehead atoms. The van der Waals surface area contributed by atoms with Crippen molar-refractivity contribution < 1.29 is 38.1 Å². The SMILES string of the molecule is C=CCCCCCN(NC(=O)OC(C)(C)C)C(=O)[C@H]1C[C@H](Oc2cc(-c3ccccc3)nc3cc(OC)ccc23)C[C@H]1C(=O)N[C@]1(C(=O)OCC)C[C@H]1C=C. The zero-order chi connectivity index (χ0) is 39.8. The number of pyridine rings is 1. The zero-order valence-corrected chi connectivity index (χ0v) is 32.6. The lowest BCUT2D eigenvalue weighted by molar-refractivity contribution is -0.150. The maximum Gasteiger partial charge on any atom is 0.426 e. The number of fused-ring (bicyclic) bond motifs is 1. The van der Waals surface area contributed by atoms with E-state index in [4.69, 9.17) is 23.9 Å². The van der Waals surface area contributed by atoms with E-state index >= 15 is 0 Å². The number of nitrogens with one attached hydrogen (secondary N) is 2. The third kappa shape index (κ3) is 10.0. The van der Waals surface area contributed by atoms with Gasteiger partial charge in [-0.1, -0.05) is 48.9 Å². The number of rotatable bonds is 16. The first-order chi connectivity index (χ1) is 26.3. The van der Waals surface area contributed by atoms with Crippen LogP contribution in [0.4, 0.5) is 4.79 Å². The van der Waals surface area contributed by atoms with Gasteiger partial charge < -0.3 is 24.3 Å². The second-order valence-electron chi connectivity index (χ2n) is 15.1. The lowest BCUT2D eigenvalue weighted by atomic mass is 9.93. The summed E-state index contributed by atoms with van der Waals surface area (Å²) in [4.78, 5) is 60.1. The molecule has 0 spiro atoms. The highest BCUT2D eigenvalue weighted by Gasteiger charge is 2.62. The van der Waals surface area contributed by atoms with Gasteiger partial charge in [0.1, 0.15) is 28.7 Å². The Morgan fingerprint density at radius 1 is 1.00 bits per heavy atom. The number of esters is 1. The molecule has 5 rings (SSSR count). The molecule has 12 heteroatoms. The summed E-state index contributed by atoms with van der Waals surface area (Å²) >= 11 is 0. The lowest BCUT2D eigenvalue weighted by Crippen LogP contribution is -2.53. The zero-order valence-electron chi connectivity index (χ0n) is 32.6. The number of ether oxygens (including phenoxy) is 4. The van der Waals surface area contributed by atoms with Gasteiger partial charge in [-0.2, -0.15) is 0 Å². The molecule has 2 aliphatic carbocycles. The molecule has 55 heavy (non-hydrogen) atoms. The normalized spacial score (nSPS) is 21.5. The van der Waals surface area contributed by atoms with Crippen LogP contribution in [0.2, 0.25) is 0 Å². The summed E-state index contributed by atoms with van der Waals surface area (Å²) in [7, 11) is 1.59. The molecule has 1 aromatic heterocycles. The quantitative estimate of drug-likeness (QED) is 0.0665. The maximum atomic E-state index is 14.6. The molecule has 12 nitrogen and oxygen atoms in total. The number of amides is 3. The third-order valence-electron chi connectivity index (χ3n) is 9.98. The topological polar surface area (TPSA) is 145 Å². The van der Waals surface area contributed by atoms with Crippen molar-refractivity contribution in [3.8, 4) is 22.8 Å². The van der Waals surface area contributed by atoms with E-state index in [-0.39, 0.29) is 31.9 Å². The number of benzene rings is 2. The van der Waals surface area contributed by atoms with Crippen LogP contribution in [0.1, 0.15) is 72.6 Å². The minimum absolute atomic E-state index is 0.148. The fourth-order valence-electron chi connectivity index (χ4n) is 7.13. The van der Waals surface area contributed by atoms with Crippen molar-refractivity contribution in [2.24, 2.45) is 17.8 Å². The van der Waals surface area contributed by atoms with E-state index < -0.39 is 53.0 Å². The number of carbonyl (C=O) groups excluding carboxylic acids is 4. The number of unbranched alkanes of at least 4 members (excludes halogenated alkanes) is 3. The van der Waals surface area contributed by atoms with Crippen LogP contribution < -0.4 is 20.2 Å². The van der Waals surface area contributed by atoms with Crippen molar-refractivity contribution in [1.82, 2.24) is 20.7 Å². The number of allylic oxidation sites excluding steroid dienone is 1. The Bertz CT molecular complexity index is 1880. The average Bonchev–Trinajstić information content (AvgIpc) is 3.72. The first kappa shape index (κ1) is 40.8. The number of hydrogen-bond acceptors (Lipinski definition) is 9. The summed E-state index contributed by atoms with van der Waals surface area (Å²) < 4.78 is 23.1. The van der Waals surface area contributed by atoms with Gasteiger partial charge in [0.05, 0.1) is 36.8 Å². The van der Waals surface area contributed by atoms with Crippen LogP contribution in [0.3, 0.4) is 0 Å². The van der Waals surface area contributed by atoms with Crippen molar-refractivity contribution in [3.05, 3.63) is 79.9 Å². The number of hydrazine groups is 1. The predicted octanol–water partition coefficient (Wildman–Crippen LogP) is 7.32. The van der Waals surface area contributed by atoms with Gasteiger partial charge in [0.15, 0.2) is 0 Å². The predicted molar refractivity (Wildman–Crippen MR) is 210 cm³/mol. The summed E-state index contributed by atoms with van der Waals surface area (Å²) in [5, 5.41) is 4.96. The van der Waals surface area contributed by atoms with Gasteiger partial charge >= 0.3 is 12.1 Å². The molecule has 0 radical (unpaired) electrons. The van der Waals surface area contributed by atoms with Crippen molar-refractivity contribution in [2.45, 2.75) is 89.9 Å². The minimum Gasteiger partial charge on any atom is -0.497 e. The standard InChI is InChI=1S/C43H54N4O8/c1-8-11-12-13-17-22-47(46-41(51)55-42(4,5)6)39(49)34-24-31(23-33(34)38(48)45-43(27-29(43)9-2)40(50)53-10-3)54-37-26-35(28-18-15-14-16-19-28)44-36-25-30(52-7)20-21-32(36)37/h8-9,14-16,18-21,25-26,29,31,33-34H,1-2,10-13,17,22-24,27H2,3-7H3,(H,45,48)(H,46,51)/t29-,31-,33-,34+,43-/m1/s1. The van der Waals surface area contributed by atoms with E-state index in [0.29, 0.717) is 35.6 Å². The van der Waals surface area contributed by atoms with Crippen molar-refractivity contribution in [3.63, 3.8) is 0 Å². The molecule has 2 fully saturated rings. The summed E-state index contributed by atoms with van der Waals surface area (Å²) in [5.74, 6) is -2.41. The molecule has 2 aliphatic rings. The van der Waals surface area contributed by atoms with E-state index in [2.05, 4.69) is 23.9 Å². The fourth-order valence-corrected chi connectivity index (χ4v) is 7.13. The number of carbonyl (C=O) groups is 4. The summed E-state index contributed by atoms with van der Waals surface area (Å²) in [5.41, 5.74) is 2.82. The molecule has 1 heterocycles. The molecule has 3 amide bonds. The van der Waals surface area contributed by atoms with E-state index in [1.54, 1.807) is 40.9 Å². The molecular weight excluding hydrogens is 700 g/mol. The van der Waals surface area contributed by atoms with Gasteiger partial charge in [0, 0.05) is 35.5 Å². The molecule has 0 aliphatic heterocycles. The summed E-state index contributed by atoms with van der Waals surface area (Å²) in [6.07, 6.45) is 5.87. The molecule has 2 N–H and O–H groups in total. The van der Waals surface area contributed by atoms with Crippen LogP contribution >= 0.6 is 0 Å². The Balaban J connectivity index is 1.49. The highest BCUT2D eigenvalue weighted by molar-refractivity contribution is 5.95. The van der Waals surface area contributed by atoms with E-state index in [1.165, 1.54) is 5.01 Å². The first-order valence-electron chi connectivity index (χ1n) is 19.1. The summed E-state index contributed by atoms with van der Waals surface area (Å²) in [6.45, 7) is 14.9. The fraction of sp³-hybridized carbons (Fsp3) is 0.465. The van der Waals surface area contributed by atoms with Crippen LogP contribution in [0.15, 0.2) is 79.9 Å². The Labute approximate surface area is 323 Å². The van der Waals surface area contributed by atoms with Gasteiger partial charge in [-0.25, -0.2) is 20.0 Å². The summed E-state index contributed by atoms with van der Waals surface area (Å²) in [6, 6.07) is 17.1. The highest BCUT2D eigenvalue weighted by Crippen LogP contribution is 2.47. The van der Waals surface area contributed by atoms with Crippen LogP contribution in [0.5, 0.6) is 11.5 Å².